The van der Waals surface area contributed by atoms with Gasteiger partial charge in [0.25, 0.3) is 5.09 Å². The molecular weight excluding hydrogens is 300 g/mol. The fourth-order valence-electron chi connectivity index (χ4n) is 2.57. The number of aromatic nitrogens is 1. The number of hydrogen-bond donors (Lipinski definition) is 0. The van der Waals surface area contributed by atoms with Gasteiger partial charge in [0.05, 0.1) is 5.69 Å². The van der Waals surface area contributed by atoms with Crippen LogP contribution < -0.4 is 0 Å². The molecule has 6 heteroatoms. The SMILES string of the molecule is CCc1cccc(-c2nc(C)c(CCO[N+](=O)[O-])s2)c1CC. The highest BCUT2D eigenvalue weighted by atomic mass is 32.1. The van der Waals surface area contributed by atoms with Crippen LogP contribution in [-0.2, 0) is 24.1 Å². The van der Waals surface area contributed by atoms with E-state index in [1.165, 1.54) is 16.7 Å². The molecular formula is C16H20N2O3S. The van der Waals surface area contributed by atoms with Crippen molar-refractivity contribution >= 4 is 11.3 Å². The minimum absolute atomic E-state index is 0.0745. The van der Waals surface area contributed by atoms with Crippen molar-refractivity contribution in [2.45, 2.75) is 40.0 Å². The third-order valence-electron chi connectivity index (χ3n) is 3.66. The van der Waals surface area contributed by atoms with E-state index in [1.54, 1.807) is 11.3 Å². The van der Waals surface area contributed by atoms with Gasteiger partial charge >= 0.3 is 0 Å². The third-order valence-corrected chi connectivity index (χ3v) is 4.91. The molecule has 22 heavy (non-hydrogen) atoms. The molecule has 0 amide bonds. The van der Waals surface area contributed by atoms with Gasteiger partial charge in [-0.05, 0) is 30.9 Å². The van der Waals surface area contributed by atoms with Gasteiger partial charge in [-0.3, -0.25) is 0 Å². The fourth-order valence-corrected chi connectivity index (χ4v) is 3.67. The van der Waals surface area contributed by atoms with E-state index in [9.17, 15) is 10.1 Å². The molecule has 0 spiro atoms. The quantitative estimate of drug-likeness (QED) is 0.571. The Labute approximate surface area is 134 Å². The van der Waals surface area contributed by atoms with Gasteiger partial charge in [-0.15, -0.1) is 21.5 Å². The van der Waals surface area contributed by atoms with Crippen LogP contribution in [0.4, 0.5) is 0 Å². The van der Waals surface area contributed by atoms with Gasteiger partial charge in [0.15, 0.2) is 0 Å². The molecule has 0 bridgehead atoms. The van der Waals surface area contributed by atoms with Crippen LogP contribution >= 0.6 is 11.3 Å². The molecule has 0 radical (unpaired) electrons. The second-order valence-corrected chi connectivity index (χ2v) is 6.07. The molecule has 0 aliphatic carbocycles. The average molecular weight is 320 g/mol. The van der Waals surface area contributed by atoms with E-state index in [0.29, 0.717) is 6.42 Å². The molecule has 2 rings (SSSR count). The van der Waals surface area contributed by atoms with Crippen LogP contribution in [0.15, 0.2) is 18.2 Å². The summed E-state index contributed by atoms with van der Waals surface area (Å²) in [7, 11) is 0. The van der Waals surface area contributed by atoms with Gasteiger partial charge in [0.2, 0.25) is 0 Å². The molecule has 0 saturated heterocycles. The maximum Gasteiger partial charge on any atom is 0.294 e. The van der Waals surface area contributed by atoms with Gasteiger partial charge in [-0.1, -0.05) is 32.0 Å². The molecule has 118 valence electrons. The Morgan fingerprint density at radius 1 is 1.32 bits per heavy atom. The van der Waals surface area contributed by atoms with Crippen LogP contribution in [0, 0.1) is 17.0 Å². The van der Waals surface area contributed by atoms with E-state index in [1.807, 2.05) is 6.92 Å². The van der Waals surface area contributed by atoms with Crippen molar-refractivity contribution in [1.82, 2.24) is 4.98 Å². The third kappa shape index (κ3) is 3.62. The smallest absolute Gasteiger partial charge is 0.294 e. The molecule has 5 nitrogen and oxygen atoms in total. The van der Waals surface area contributed by atoms with E-state index in [0.717, 1.165) is 28.4 Å². The van der Waals surface area contributed by atoms with E-state index in [2.05, 4.69) is 41.9 Å². The summed E-state index contributed by atoms with van der Waals surface area (Å²) in [6, 6.07) is 6.34. The minimum atomic E-state index is -0.753. The Hall–Kier alpha value is -1.95. The fraction of sp³-hybridized carbons (Fsp3) is 0.438. The molecule has 0 aliphatic rings. The molecule has 0 unspecified atom stereocenters. The number of thiazole rings is 1. The Balaban J connectivity index is 2.29. The summed E-state index contributed by atoms with van der Waals surface area (Å²) in [6.45, 7) is 6.33. The molecule has 0 aliphatic heterocycles. The summed E-state index contributed by atoms with van der Waals surface area (Å²) < 4.78 is 0. The van der Waals surface area contributed by atoms with Crippen LogP contribution in [-0.4, -0.2) is 16.7 Å². The molecule has 0 atom stereocenters. The predicted molar refractivity (Wildman–Crippen MR) is 87.7 cm³/mol. The predicted octanol–water partition coefficient (Wildman–Crippen LogP) is 3.99. The molecule has 0 N–H and O–H groups in total. The summed E-state index contributed by atoms with van der Waals surface area (Å²) in [5, 5.41) is 10.5. The number of benzene rings is 1. The molecule has 0 fully saturated rings. The summed E-state index contributed by atoms with van der Waals surface area (Å²) in [5.41, 5.74) is 4.80. The second kappa shape index (κ2) is 7.35. The lowest BCUT2D eigenvalue weighted by molar-refractivity contribution is -0.757. The summed E-state index contributed by atoms with van der Waals surface area (Å²) in [5.74, 6) is 0. The maximum atomic E-state index is 10.2. The van der Waals surface area contributed by atoms with Crippen molar-refractivity contribution in [3.05, 3.63) is 50.0 Å². The van der Waals surface area contributed by atoms with Crippen LogP contribution in [0.3, 0.4) is 0 Å². The first-order valence-corrected chi connectivity index (χ1v) is 8.23. The monoisotopic (exact) mass is 320 g/mol. The van der Waals surface area contributed by atoms with Gasteiger partial charge in [-0.25, -0.2) is 4.98 Å². The molecule has 0 saturated carbocycles. The molecule has 2 aromatic rings. The lowest BCUT2D eigenvalue weighted by Crippen LogP contribution is -2.04. The van der Waals surface area contributed by atoms with Gasteiger partial charge in [0, 0.05) is 16.9 Å². The zero-order chi connectivity index (χ0) is 16.1. The van der Waals surface area contributed by atoms with E-state index < -0.39 is 5.09 Å². The second-order valence-electron chi connectivity index (χ2n) is 4.98. The zero-order valence-corrected chi connectivity index (χ0v) is 13.9. The first-order chi connectivity index (χ1) is 10.6. The highest BCUT2D eigenvalue weighted by Crippen LogP contribution is 2.32. The number of rotatable bonds is 7. The topological polar surface area (TPSA) is 65.3 Å². The number of aryl methyl sites for hydroxylation is 2. The zero-order valence-electron chi connectivity index (χ0n) is 13.1. The Bertz CT molecular complexity index is 667. The summed E-state index contributed by atoms with van der Waals surface area (Å²) in [4.78, 5) is 20.3. The average Bonchev–Trinajstić information content (AvgIpc) is 2.87. The van der Waals surface area contributed by atoms with E-state index >= 15 is 0 Å². The standard InChI is InChI=1S/C16H20N2O3S/c1-4-12-7-6-8-14(13(12)5-2)16-17-11(3)15(22-16)9-10-21-18(19)20/h6-8H,4-5,9-10H2,1-3H3. The Kier molecular flexibility index (Phi) is 5.49. The summed E-state index contributed by atoms with van der Waals surface area (Å²) >= 11 is 1.60. The van der Waals surface area contributed by atoms with Crippen LogP contribution in [0.5, 0.6) is 0 Å². The van der Waals surface area contributed by atoms with Gasteiger partial charge < -0.3 is 4.84 Å². The van der Waals surface area contributed by atoms with E-state index in [-0.39, 0.29) is 6.61 Å². The van der Waals surface area contributed by atoms with Crippen LogP contribution in [0.2, 0.25) is 0 Å². The van der Waals surface area contributed by atoms with E-state index in [4.69, 9.17) is 0 Å². The van der Waals surface area contributed by atoms with Crippen molar-refractivity contribution in [3.8, 4) is 10.6 Å². The van der Waals surface area contributed by atoms with Crippen LogP contribution in [0.25, 0.3) is 10.6 Å². The van der Waals surface area contributed by atoms with Crippen molar-refractivity contribution in [2.75, 3.05) is 6.61 Å². The van der Waals surface area contributed by atoms with Gasteiger partial charge in [-0.2, -0.15) is 0 Å². The van der Waals surface area contributed by atoms with Crippen molar-refractivity contribution in [1.29, 1.82) is 0 Å². The highest BCUT2D eigenvalue weighted by molar-refractivity contribution is 7.15. The van der Waals surface area contributed by atoms with Crippen molar-refractivity contribution < 1.29 is 9.92 Å². The largest absolute Gasteiger partial charge is 0.314 e. The minimum Gasteiger partial charge on any atom is -0.314 e. The normalized spacial score (nSPS) is 10.7. The first-order valence-electron chi connectivity index (χ1n) is 7.41. The van der Waals surface area contributed by atoms with Gasteiger partial charge in [0.1, 0.15) is 11.6 Å². The number of nitrogens with zero attached hydrogens (tertiary/aromatic N) is 2. The Morgan fingerprint density at radius 2 is 2.09 bits per heavy atom. The molecule has 1 heterocycles. The van der Waals surface area contributed by atoms with Crippen molar-refractivity contribution in [2.24, 2.45) is 0 Å². The lowest BCUT2D eigenvalue weighted by Gasteiger charge is -2.10. The Morgan fingerprint density at radius 3 is 2.73 bits per heavy atom. The first kappa shape index (κ1) is 16.4. The molecule has 1 aromatic heterocycles. The molecule has 1 aromatic carbocycles. The van der Waals surface area contributed by atoms with Crippen molar-refractivity contribution in [3.63, 3.8) is 0 Å². The lowest BCUT2D eigenvalue weighted by atomic mass is 9.97. The number of hydrogen-bond acceptors (Lipinski definition) is 5. The highest BCUT2D eigenvalue weighted by Gasteiger charge is 2.14. The summed E-state index contributed by atoms with van der Waals surface area (Å²) in [6.07, 6.45) is 2.49. The maximum absolute atomic E-state index is 10.2. The van der Waals surface area contributed by atoms with Crippen LogP contribution in [0.1, 0.15) is 35.5 Å².